The Morgan fingerprint density at radius 1 is 1.01 bits per heavy atom. The largest absolute Gasteiger partial charge is 0.479 e. The standard InChI is InChI=1S/C49H41ClN6O11S2/c50-39-40(66-20-37(58)59)42(45(62)63)68-41(39)26-3-1-4-27(18-26)53-49-19-35-48(49)22-47(48,49)23-55(35)69(64,65)21-24-7-11-34-31(17-24)51-46(67-34)54-15-13-25(14-16-54)28-8-9-32-38-29(28)5-2-6-30(38)44(61)56(32)33-10-12-36(57)52-43(33)60/h1-9,11,17-18,25,33,35,53H,10,12-16,19-23H2,(H,58,59)(H,62,63)(H,52,57,60). The highest BCUT2D eigenvalue weighted by molar-refractivity contribution is 7.88. The number of anilines is 3. The number of carboxylic acid groups (broad SMARTS) is 2. The number of aliphatic carboxylic acids is 1. The molecule has 4 N–H and O–H groups in total. The van der Waals surface area contributed by atoms with Crippen molar-refractivity contribution in [3.05, 3.63) is 99.4 Å². The van der Waals surface area contributed by atoms with Crippen LogP contribution in [0.2, 0.25) is 5.02 Å². The lowest BCUT2D eigenvalue weighted by atomic mass is 9.70. The third-order valence-corrected chi connectivity index (χ3v) is 19.6. The highest BCUT2D eigenvalue weighted by Crippen LogP contribution is 3.04. The van der Waals surface area contributed by atoms with E-state index in [0.29, 0.717) is 70.4 Å². The molecule has 5 atom stereocenters. The molecule has 13 rings (SSSR count). The summed E-state index contributed by atoms with van der Waals surface area (Å²) in [6.45, 7) is 1.05. The topological polar surface area (TPSA) is 229 Å². The number of carbonyl (C=O) groups excluding carboxylic acids is 3. The second-order valence-electron chi connectivity index (χ2n) is 19.4. The van der Waals surface area contributed by atoms with Crippen molar-refractivity contribution < 1.29 is 51.8 Å². The number of hydrogen-bond donors (Lipinski definition) is 4. The van der Waals surface area contributed by atoms with Crippen LogP contribution in [0.1, 0.15) is 75.6 Å². The van der Waals surface area contributed by atoms with Gasteiger partial charge in [-0.2, -0.15) is 9.29 Å². The number of hydrogen-bond acceptors (Lipinski definition) is 13. The third-order valence-electron chi connectivity index (χ3n) is 16.1. The molecule has 17 nitrogen and oxygen atoms in total. The van der Waals surface area contributed by atoms with E-state index in [-0.39, 0.29) is 74.4 Å². The minimum Gasteiger partial charge on any atom is -0.479 e. The van der Waals surface area contributed by atoms with E-state index in [1.54, 1.807) is 39.5 Å². The van der Waals surface area contributed by atoms with E-state index in [0.717, 1.165) is 52.6 Å². The summed E-state index contributed by atoms with van der Waals surface area (Å²) in [6.07, 6.45) is 3.69. The molecule has 0 radical (unpaired) electrons. The predicted octanol–water partition coefficient (Wildman–Crippen LogP) is 6.83. The first-order valence-electron chi connectivity index (χ1n) is 22.8. The number of ether oxygens (including phenoxy) is 1. The molecule has 352 valence electrons. The Bertz CT molecular complexity index is 3450. The number of carboxylic acids is 2. The second kappa shape index (κ2) is 14.5. The zero-order valence-electron chi connectivity index (χ0n) is 36.5. The molecular weight excluding hydrogens is 948 g/mol. The van der Waals surface area contributed by atoms with Crippen LogP contribution >= 0.6 is 22.9 Å². The number of carbonyl (C=O) groups is 5. The molecule has 4 aromatic carbocycles. The number of rotatable bonds is 13. The summed E-state index contributed by atoms with van der Waals surface area (Å²) in [7, 11) is -3.68. The Hall–Kier alpha value is -6.54. The van der Waals surface area contributed by atoms with Crippen LogP contribution in [-0.4, -0.2) is 101 Å². The van der Waals surface area contributed by atoms with E-state index in [1.165, 1.54) is 0 Å². The molecule has 6 fully saturated rings. The van der Waals surface area contributed by atoms with Gasteiger partial charge in [0.15, 0.2) is 22.8 Å². The smallest absolute Gasteiger partial charge is 0.349 e. The number of piperidine rings is 5. The van der Waals surface area contributed by atoms with Crippen molar-refractivity contribution in [1.82, 2.24) is 14.6 Å². The van der Waals surface area contributed by atoms with Crippen LogP contribution in [0, 0.1) is 10.8 Å². The number of nitrogens with one attached hydrogen (secondary N) is 2. The monoisotopic (exact) mass is 988 g/mol. The fourth-order valence-electron chi connectivity index (χ4n) is 13.0. The number of amides is 3. The van der Waals surface area contributed by atoms with Crippen molar-refractivity contribution in [2.75, 3.05) is 41.4 Å². The quantitative estimate of drug-likeness (QED) is 0.0870. The van der Waals surface area contributed by atoms with Crippen molar-refractivity contribution >= 4 is 102 Å². The number of imide groups is 1. The lowest BCUT2D eigenvalue weighted by Gasteiger charge is -2.53. The maximum atomic E-state index is 14.1. The number of halogens is 1. The number of aromatic carboxylic acids is 1. The van der Waals surface area contributed by atoms with Crippen molar-refractivity contribution in [1.29, 1.82) is 0 Å². The van der Waals surface area contributed by atoms with Gasteiger partial charge < -0.3 is 29.6 Å². The Morgan fingerprint density at radius 2 is 1.83 bits per heavy atom. The molecule has 69 heavy (non-hydrogen) atoms. The maximum absolute atomic E-state index is 14.1. The third kappa shape index (κ3) is 5.87. The van der Waals surface area contributed by atoms with Crippen LogP contribution in [-0.2, 0) is 30.2 Å². The lowest BCUT2D eigenvalue weighted by Crippen LogP contribution is -2.64. The summed E-state index contributed by atoms with van der Waals surface area (Å²) >= 11 is 7.48. The fraction of sp³-hybridized carbons (Fsp3) is 0.347. The Balaban J connectivity index is 0.662. The minimum atomic E-state index is -3.68. The van der Waals surface area contributed by atoms with Crippen molar-refractivity contribution in [2.24, 2.45) is 10.8 Å². The second-order valence-corrected chi connectivity index (χ2v) is 22.7. The number of oxazole rings is 1. The molecule has 6 heterocycles. The maximum Gasteiger partial charge on any atom is 0.349 e. The zero-order valence-corrected chi connectivity index (χ0v) is 38.9. The van der Waals surface area contributed by atoms with Gasteiger partial charge in [0, 0.05) is 59.6 Å². The van der Waals surface area contributed by atoms with Gasteiger partial charge in [0.25, 0.3) is 11.9 Å². The summed E-state index contributed by atoms with van der Waals surface area (Å²) in [5.41, 5.74) is 5.09. The molecule has 4 aliphatic heterocycles. The molecule has 20 heteroatoms. The summed E-state index contributed by atoms with van der Waals surface area (Å²) in [6, 6.07) is 22.1. The normalized spacial score (nSPS) is 26.8. The molecule has 3 saturated carbocycles. The number of thiophene rings is 1. The molecule has 3 amide bonds. The molecule has 7 aliphatic rings. The van der Waals surface area contributed by atoms with Gasteiger partial charge in [-0.05, 0) is 96.5 Å². The summed E-state index contributed by atoms with van der Waals surface area (Å²) in [5, 5.41) is 26.8. The van der Waals surface area contributed by atoms with Gasteiger partial charge in [0.05, 0.1) is 21.9 Å². The molecule has 3 aliphatic carbocycles. The van der Waals surface area contributed by atoms with E-state index >= 15 is 0 Å². The average Bonchev–Trinajstić information content (AvgIpc) is 3.62. The van der Waals surface area contributed by atoms with Crippen molar-refractivity contribution in [3.8, 4) is 16.2 Å². The minimum absolute atomic E-state index is 0.0259. The van der Waals surface area contributed by atoms with E-state index in [9.17, 15) is 37.5 Å². The van der Waals surface area contributed by atoms with Crippen molar-refractivity contribution in [3.63, 3.8) is 0 Å². The van der Waals surface area contributed by atoms with E-state index in [1.807, 2.05) is 36.4 Å². The fourth-order valence-corrected chi connectivity index (χ4v) is 16.2. The summed E-state index contributed by atoms with van der Waals surface area (Å²) < 4.78 is 41.4. The van der Waals surface area contributed by atoms with Gasteiger partial charge in [-0.15, -0.1) is 11.3 Å². The average molecular weight is 989 g/mol. The molecular formula is C49H41ClN6O11S2. The van der Waals surface area contributed by atoms with Crippen LogP contribution in [0.15, 0.2) is 77.2 Å². The summed E-state index contributed by atoms with van der Waals surface area (Å²) in [5.74, 6) is -3.70. The van der Waals surface area contributed by atoms with Gasteiger partial charge in [-0.25, -0.2) is 18.0 Å². The van der Waals surface area contributed by atoms with E-state index in [4.69, 9.17) is 30.8 Å². The van der Waals surface area contributed by atoms with Crippen LogP contribution in [0.3, 0.4) is 0 Å². The van der Waals surface area contributed by atoms with Crippen LogP contribution in [0.25, 0.3) is 32.3 Å². The zero-order chi connectivity index (χ0) is 47.5. The predicted molar refractivity (Wildman–Crippen MR) is 254 cm³/mol. The van der Waals surface area contributed by atoms with Gasteiger partial charge in [-0.1, -0.05) is 48.0 Å². The van der Waals surface area contributed by atoms with Gasteiger partial charge in [-0.3, -0.25) is 24.6 Å². The Morgan fingerprint density at radius 3 is 2.57 bits per heavy atom. The number of nitrogens with zero attached hydrogens (tertiary/aromatic N) is 4. The van der Waals surface area contributed by atoms with Gasteiger partial charge in [0.2, 0.25) is 21.8 Å². The number of sulfonamides is 1. The first-order valence-corrected chi connectivity index (χ1v) is 25.6. The van der Waals surface area contributed by atoms with Crippen molar-refractivity contribution in [2.45, 2.75) is 67.8 Å². The SMILES string of the molecule is O=C(O)COc1c(C(=O)O)sc(-c2cccc(NC34CC5N(S(=O)(=O)Cc6ccc7oc(N8CCC(c9ccc%10c%11c(cccc9%11)C(=O)N%10C9CCC(=O)NC9=O)CC8)nc7c6)CC36CC564)c2)c1Cl. The van der Waals surface area contributed by atoms with Gasteiger partial charge >= 0.3 is 11.9 Å². The molecule has 5 unspecified atom stereocenters. The Kier molecular flexibility index (Phi) is 8.94. The first-order chi connectivity index (χ1) is 33.1. The first kappa shape index (κ1) is 42.6. The molecule has 0 bridgehead atoms. The summed E-state index contributed by atoms with van der Waals surface area (Å²) in [4.78, 5) is 70.2. The van der Waals surface area contributed by atoms with E-state index < -0.39 is 40.5 Å². The Labute approximate surface area is 402 Å². The molecule has 1 spiro atoms. The van der Waals surface area contributed by atoms with Crippen LogP contribution in [0.4, 0.5) is 17.4 Å². The van der Waals surface area contributed by atoms with E-state index in [2.05, 4.69) is 21.6 Å². The van der Waals surface area contributed by atoms with Gasteiger partial charge in [0.1, 0.15) is 16.6 Å². The lowest BCUT2D eigenvalue weighted by molar-refractivity contribution is -0.139. The number of benzene rings is 4. The number of fused-ring (bicyclic) bond motifs is 1. The molecule has 3 saturated heterocycles. The number of aromatic nitrogens is 1. The highest BCUT2D eigenvalue weighted by Gasteiger charge is 3.11. The molecule has 6 aromatic rings. The van der Waals surface area contributed by atoms with Crippen LogP contribution < -0.4 is 25.2 Å². The molecule has 2 aromatic heterocycles. The highest BCUT2D eigenvalue weighted by atomic mass is 35.5. The van der Waals surface area contributed by atoms with Crippen LogP contribution in [0.5, 0.6) is 5.75 Å².